The molecule has 3 nitrogen and oxygen atoms in total. The van der Waals surface area contributed by atoms with Crippen LogP contribution < -0.4 is 10.1 Å². The van der Waals surface area contributed by atoms with Crippen molar-refractivity contribution in [3.63, 3.8) is 0 Å². The number of nitrogens with one attached hydrogen (secondary N) is 1. The van der Waals surface area contributed by atoms with Crippen molar-refractivity contribution in [2.24, 2.45) is 0 Å². The quantitative estimate of drug-likeness (QED) is 0.812. The fourth-order valence-electron chi connectivity index (χ4n) is 1.85. The second kappa shape index (κ2) is 7.34. The third-order valence-corrected chi connectivity index (χ3v) is 2.69. The molecule has 0 spiro atoms. The molecule has 0 saturated carbocycles. The zero-order valence-corrected chi connectivity index (χ0v) is 11.5. The standard InChI is InChI=1S/C14H22FNO2/c1-5-16-11(3)13-7-6-12(8-14(13)15)18-10(2)9-17-4/h6-8,10-11,16H,5,9H2,1-4H3. The average Bonchev–Trinajstić information content (AvgIpc) is 2.29. The molecule has 2 unspecified atom stereocenters. The van der Waals surface area contributed by atoms with Crippen LogP contribution in [-0.2, 0) is 4.74 Å². The van der Waals surface area contributed by atoms with Crippen molar-refractivity contribution < 1.29 is 13.9 Å². The lowest BCUT2D eigenvalue weighted by Gasteiger charge is -2.17. The van der Waals surface area contributed by atoms with Crippen molar-refractivity contribution in [3.05, 3.63) is 29.6 Å². The number of rotatable bonds is 7. The molecule has 0 radical (unpaired) electrons. The highest BCUT2D eigenvalue weighted by Gasteiger charge is 2.12. The molecule has 0 fully saturated rings. The van der Waals surface area contributed by atoms with E-state index in [4.69, 9.17) is 9.47 Å². The molecule has 102 valence electrons. The van der Waals surface area contributed by atoms with Crippen molar-refractivity contribution in [1.29, 1.82) is 0 Å². The Bertz CT molecular complexity index is 371. The molecule has 0 aliphatic rings. The lowest BCUT2D eigenvalue weighted by molar-refractivity contribution is 0.0918. The van der Waals surface area contributed by atoms with Crippen molar-refractivity contribution >= 4 is 0 Å². The summed E-state index contributed by atoms with van der Waals surface area (Å²) in [5, 5.41) is 3.18. The number of halogens is 1. The molecule has 1 N–H and O–H groups in total. The predicted octanol–water partition coefficient (Wildman–Crippen LogP) is 2.91. The summed E-state index contributed by atoms with van der Waals surface area (Å²) in [6.45, 7) is 7.12. The third kappa shape index (κ3) is 4.27. The summed E-state index contributed by atoms with van der Waals surface area (Å²) in [4.78, 5) is 0. The van der Waals surface area contributed by atoms with Crippen molar-refractivity contribution in [1.82, 2.24) is 5.32 Å². The number of hydrogen-bond acceptors (Lipinski definition) is 3. The molecule has 2 atom stereocenters. The van der Waals surface area contributed by atoms with Gasteiger partial charge >= 0.3 is 0 Å². The third-order valence-electron chi connectivity index (χ3n) is 2.69. The molecule has 1 aromatic rings. The highest BCUT2D eigenvalue weighted by molar-refractivity contribution is 5.30. The Morgan fingerprint density at radius 3 is 2.61 bits per heavy atom. The van der Waals surface area contributed by atoms with E-state index in [9.17, 15) is 4.39 Å². The molecule has 0 saturated heterocycles. The smallest absolute Gasteiger partial charge is 0.131 e. The normalized spacial score (nSPS) is 14.3. The van der Waals surface area contributed by atoms with Gasteiger partial charge in [0.15, 0.2) is 0 Å². The summed E-state index contributed by atoms with van der Waals surface area (Å²) in [6, 6.07) is 4.98. The molecule has 0 amide bonds. The Balaban J connectivity index is 2.72. The topological polar surface area (TPSA) is 30.5 Å². The Morgan fingerprint density at radius 2 is 2.06 bits per heavy atom. The zero-order valence-electron chi connectivity index (χ0n) is 11.5. The van der Waals surface area contributed by atoms with Crippen LogP contribution in [0.15, 0.2) is 18.2 Å². The molecule has 18 heavy (non-hydrogen) atoms. The highest BCUT2D eigenvalue weighted by Crippen LogP contribution is 2.22. The summed E-state index contributed by atoms with van der Waals surface area (Å²) in [5.74, 6) is 0.287. The molecule has 1 aromatic carbocycles. The van der Waals surface area contributed by atoms with Gasteiger partial charge in [0.05, 0.1) is 6.61 Å². The van der Waals surface area contributed by atoms with Gasteiger partial charge in [0, 0.05) is 24.8 Å². The maximum absolute atomic E-state index is 13.9. The summed E-state index contributed by atoms with van der Waals surface area (Å²) in [5.41, 5.74) is 0.656. The van der Waals surface area contributed by atoms with Gasteiger partial charge in [-0.3, -0.25) is 0 Å². The molecule has 0 bridgehead atoms. The minimum absolute atomic E-state index is 0.000415. The van der Waals surface area contributed by atoms with Crippen molar-refractivity contribution in [2.45, 2.75) is 32.9 Å². The zero-order chi connectivity index (χ0) is 13.5. The molecule has 1 rings (SSSR count). The highest BCUT2D eigenvalue weighted by atomic mass is 19.1. The van der Waals surface area contributed by atoms with Gasteiger partial charge in [0.2, 0.25) is 0 Å². The van der Waals surface area contributed by atoms with E-state index >= 15 is 0 Å². The SMILES string of the molecule is CCNC(C)c1ccc(OC(C)COC)cc1F. The van der Waals surface area contributed by atoms with Gasteiger partial charge in [-0.15, -0.1) is 0 Å². The summed E-state index contributed by atoms with van der Waals surface area (Å²) < 4.78 is 24.4. The van der Waals surface area contributed by atoms with E-state index in [0.717, 1.165) is 6.54 Å². The molecule has 0 aliphatic carbocycles. The lowest BCUT2D eigenvalue weighted by atomic mass is 10.1. The Labute approximate surface area is 108 Å². The van der Waals surface area contributed by atoms with Crippen LogP contribution in [0.1, 0.15) is 32.4 Å². The summed E-state index contributed by atoms with van der Waals surface area (Å²) in [6.07, 6.45) is -0.0913. The van der Waals surface area contributed by atoms with Crippen LogP contribution in [0.3, 0.4) is 0 Å². The maximum Gasteiger partial charge on any atom is 0.131 e. The van der Waals surface area contributed by atoms with Gasteiger partial charge in [-0.05, 0) is 26.5 Å². The number of methoxy groups -OCH3 is 1. The minimum atomic E-state index is -0.245. The Kier molecular flexibility index (Phi) is 6.09. The second-order valence-electron chi connectivity index (χ2n) is 4.35. The van der Waals surface area contributed by atoms with E-state index in [1.165, 1.54) is 6.07 Å². The van der Waals surface area contributed by atoms with E-state index < -0.39 is 0 Å². The van der Waals surface area contributed by atoms with Crippen LogP contribution in [0.4, 0.5) is 4.39 Å². The average molecular weight is 255 g/mol. The molecular formula is C14H22FNO2. The lowest BCUT2D eigenvalue weighted by Crippen LogP contribution is -2.20. The fourth-order valence-corrected chi connectivity index (χ4v) is 1.85. The number of benzene rings is 1. The monoisotopic (exact) mass is 255 g/mol. The van der Waals surface area contributed by atoms with Crippen LogP contribution in [0.25, 0.3) is 0 Å². The summed E-state index contributed by atoms with van der Waals surface area (Å²) >= 11 is 0. The molecule has 4 heteroatoms. The van der Waals surface area contributed by atoms with E-state index in [-0.39, 0.29) is 18.0 Å². The number of hydrogen-bond donors (Lipinski definition) is 1. The van der Waals surface area contributed by atoms with E-state index in [1.54, 1.807) is 19.2 Å². The fraction of sp³-hybridized carbons (Fsp3) is 0.571. The molecular weight excluding hydrogens is 233 g/mol. The van der Waals surface area contributed by atoms with Gasteiger partial charge < -0.3 is 14.8 Å². The summed E-state index contributed by atoms with van der Waals surface area (Å²) in [7, 11) is 1.61. The van der Waals surface area contributed by atoms with Crippen LogP contribution in [-0.4, -0.2) is 26.4 Å². The predicted molar refractivity (Wildman–Crippen MR) is 70.5 cm³/mol. The van der Waals surface area contributed by atoms with Crippen LogP contribution >= 0.6 is 0 Å². The van der Waals surface area contributed by atoms with Gasteiger partial charge in [-0.1, -0.05) is 13.0 Å². The maximum atomic E-state index is 13.9. The van der Waals surface area contributed by atoms with E-state index in [2.05, 4.69) is 5.32 Å². The molecule has 0 aromatic heterocycles. The van der Waals surface area contributed by atoms with Gasteiger partial charge in [-0.2, -0.15) is 0 Å². The molecule has 0 aliphatic heterocycles. The first-order chi connectivity index (χ1) is 8.58. The van der Waals surface area contributed by atoms with E-state index in [1.807, 2.05) is 20.8 Å². The van der Waals surface area contributed by atoms with Crippen molar-refractivity contribution in [2.75, 3.05) is 20.3 Å². The van der Waals surface area contributed by atoms with Gasteiger partial charge in [-0.25, -0.2) is 4.39 Å². The van der Waals surface area contributed by atoms with Gasteiger partial charge in [0.1, 0.15) is 17.7 Å². The molecule has 0 heterocycles. The minimum Gasteiger partial charge on any atom is -0.488 e. The Morgan fingerprint density at radius 1 is 1.33 bits per heavy atom. The Hall–Kier alpha value is -1.13. The largest absolute Gasteiger partial charge is 0.488 e. The van der Waals surface area contributed by atoms with E-state index in [0.29, 0.717) is 17.9 Å². The first-order valence-corrected chi connectivity index (χ1v) is 6.26. The first kappa shape index (κ1) is 14.9. The van der Waals surface area contributed by atoms with Crippen LogP contribution in [0, 0.1) is 5.82 Å². The second-order valence-corrected chi connectivity index (χ2v) is 4.35. The van der Waals surface area contributed by atoms with Gasteiger partial charge in [0.25, 0.3) is 0 Å². The first-order valence-electron chi connectivity index (χ1n) is 6.26. The number of ether oxygens (including phenoxy) is 2. The van der Waals surface area contributed by atoms with Crippen LogP contribution in [0.2, 0.25) is 0 Å². The van der Waals surface area contributed by atoms with Crippen LogP contribution in [0.5, 0.6) is 5.75 Å². The van der Waals surface area contributed by atoms with Crippen molar-refractivity contribution in [3.8, 4) is 5.75 Å².